The zero-order valence-corrected chi connectivity index (χ0v) is 19.6. The van der Waals surface area contributed by atoms with Gasteiger partial charge in [-0.25, -0.2) is 4.98 Å². The van der Waals surface area contributed by atoms with Crippen LogP contribution in [0.4, 0.5) is 17.2 Å². The summed E-state index contributed by atoms with van der Waals surface area (Å²) in [6.45, 7) is 0. The van der Waals surface area contributed by atoms with Crippen LogP contribution in [0.3, 0.4) is 0 Å². The van der Waals surface area contributed by atoms with Crippen molar-refractivity contribution in [1.82, 2.24) is 14.8 Å². The third kappa shape index (κ3) is 4.56. The number of aromatic hydroxyl groups is 1. The second kappa shape index (κ2) is 9.97. The van der Waals surface area contributed by atoms with E-state index in [4.69, 9.17) is 4.74 Å². The quantitative estimate of drug-likeness (QED) is 0.190. The number of hydrogen-bond acceptors (Lipinski definition) is 8. The predicted molar refractivity (Wildman–Crippen MR) is 140 cm³/mol. The summed E-state index contributed by atoms with van der Waals surface area (Å²) < 4.78 is 6.81. The number of fused-ring (bicyclic) bond motifs is 1. The van der Waals surface area contributed by atoms with Crippen LogP contribution in [0.1, 0.15) is 15.9 Å². The third-order valence-electron chi connectivity index (χ3n) is 5.66. The summed E-state index contributed by atoms with van der Waals surface area (Å²) in [5.74, 6) is 0.615. The van der Waals surface area contributed by atoms with Gasteiger partial charge in [-0.05, 0) is 53.9 Å². The molecule has 4 N–H and O–H groups in total. The molecule has 0 atom stereocenters. The number of methoxy groups -OCH3 is 1. The van der Waals surface area contributed by atoms with Crippen molar-refractivity contribution in [3.63, 3.8) is 0 Å². The minimum atomic E-state index is -0.493. The van der Waals surface area contributed by atoms with Crippen LogP contribution >= 0.6 is 0 Å². The molecule has 0 radical (unpaired) electrons. The molecule has 2 aromatic heterocycles. The van der Waals surface area contributed by atoms with E-state index in [2.05, 4.69) is 32.3 Å². The molecule has 0 aliphatic rings. The first-order chi connectivity index (χ1) is 18.1. The molecule has 0 aliphatic heterocycles. The number of phenolic OH excluding ortho intramolecular Hbond substituents is 1. The number of benzene rings is 3. The lowest BCUT2D eigenvalue weighted by Crippen LogP contribution is -2.17. The second-order valence-electron chi connectivity index (χ2n) is 7.92. The number of aromatic nitrogens is 3. The van der Waals surface area contributed by atoms with Gasteiger partial charge in [-0.2, -0.15) is 15.0 Å². The smallest absolute Gasteiger partial charge is 0.259 e. The van der Waals surface area contributed by atoms with Gasteiger partial charge in [0.1, 0.15) is 23.1 Å². The molecule has 10 heteroatoms. The first-order valence-corrected chi connectivity index (χ1v) is 11.2. The highest BCUT2D eigenvalue weighted by Gasteiger charge is 2.20. The van der Waals surface area contributed by atoms with E-state index in [-0.39, 0.29) is 22.6 Å². The lowest BCUT2D eigenvalue weighted by Gasteiger charge is -2.18. The van der Waals surface area contributed by atoms with E-state index in [9.17, 15) is 15.2 Å². The summed E-state index contributed by atoms with van der Waals surface area (Å²) in [7, 11) is 1.55. The van der Waals surface area contributed by atoms with Crippen LogP contribution < -0.4 is 20.9 Å². The Labute approximate surface area is 211 Å². The van der Waals surface area contributed by atoms with Gasteiger partial charge in [-0.3, -0.25) is 15.6 Å². The van der Waals surface area contributed by atoms with Crippen LogP contribution in [0.15, 0.2) is 85.2 Å². The van der Waals surface area contributed by atoms with Gasteiger partial charge in [0, 0.05) is 17.3 Å². The number of phenols is 1. The van der Waals surface area contributed by atoms with Crippen molar-refractivity contribution in [3.8, 4) is 23.4 Å². The molecule has 0 spiro atoms. The summed E-state index contributed by atoms with van der Waals surface area (Å²) in [5, 5.41) is 29.1. The Kier molecular flexibility index (Phi) is 6.25. The van der Waals surface area contributed by atoms with Crippen LogP contribution in [-0.2, 0) is 0 Å². The average molecular weight is 492 g/mol. The number of amides is 1. The molecular weight excluding hydrogens is 470 g/mol. The number of hydrazine groups is 1. The summed E-state index contributed by atoms with van der Waals surface area (Å²) >= 11 is 0. The van der Waals surface area contributed by atoms with Gasteiger partial charge in [-0.15, -0.1) is 0 Å². The highest BCUT2D eigenvalue weighted by molar-refractivity contribution is 6.12. The van der Waals surface area contributed by atoms with Gasteiger partial charge in [0.25, 0.3) is 5.91 Å². The Balaban J connectivity index is 1.56. The predicted octanol–water partition coefficient (Wildman–Crippen LogP) is 4.70. The normalized spacial score (nSPS) is 10.5. The van der Waals surface area contributed by atoms with E-state index in [1.807, 2.05) is 6.07 Å². The SMILES string of the molecule is COc1ccc2c(NNc3c(C#N)cnn3-c3ccccn3)c(O)c(C(=O)Nc3ccccc3)cc2c1. The van der Waals surface area contributed by atoms with Crippen molar-refractivity contribution in [2.45, 2.75) is 0 Å². The van der Waals surface area contributed by atoms with Gasteiger partial charge < -0.3 is 15.2 Å². The summed E-state index contributed by atoms with van der Waals surface area (Å²) in [4.78, 5) is 17.4. The maximum atomic E-state index is 13.1. The van der Waals surface area contributed by atoms with Gasteiger partial charge in [0.05, 0.1) is 18.9 Å². The number of nitriles is 1. The number of hydrogen-bond donors (Lipinski definition) is 4. The monoisotopic (exact) mass is 491 g/mol. The number of carbonyl (C=O) groups is 1. The molecule has 0 saturated heterocycles. The molecule has 5 aromatic rings. The van der Waals surface area contributed by atoms with Crippen molar-refractivity contribution in [2.24, 2.45) is 0 Å². The molecule has 0 unspecified atom stereocenters. The largest absolute Gasteiger partial charge is 0.505 e. The number of ether oxygens (including phenoxy) is 1. The van der Waals surface area contributed by atoms with Gasteiger partial charge in [0.15, 0.2) is 17.4 Å². The molecule has 0 bridgehead atoms. The van der Waals surface area contributed by atoms with Gasteiger partial charge >= 0.3 is 0 Å². The number of nitrogens with zero attached hydrogens (tertiary/aromatic N) is 4. The molecule has 5 rings (SSSR count). The second-order valence-corrected chi connectivity index (χ2v) is 7.92. The fourth-order valence-electron chi connectivity index (χ4n) is 3.85. The molecular formula is C27H21N7O3. The molecule has 0 saturated carbocycles. The van der Waals surface area contributed by atoms with Crippen LogP contribution in [0, 0.1) is 11.3 Å². The van der Waals surface area contributed by atoms with Gasteiger partial charge in [-0.1, -0.05) is 24.3 Å². The Bertz CT molecular complexity index is 1630. The molecule has 2 heterocycles. The molecule has 0 aliphatic carbocycles. The lowest BCUT2D eigenvalue weighted by atomic mass is 10.0. The maximum Gasteiger partial charge on any atom is 0.259 e. The minimum Gasteiger partial charge on any atom is -0.505 e. The van der Waals surface area contributed by atoms with E-state index in [1.165, 1.54) is 10.9 Å². The Morgan fingerprint density at radius 1 is 1.05 bits per heavy atom. The average Bonchev–Trinajstić information content (AvgIpc) is 3.36. The standard InChI is InChI=1S/C27H21N7O3/c1-37-20-10-11-21-17(13-20)14-22(27(36)31-19-7-3-2-4-8-19)25(35)24(21)32-33-26-18(15-28)16-30-34(26)23-9-5-6-12-29-23/h2-14,16,32-33,35H,1H3,(H,31,36). The summed E-state index contributed by atoms with van der Waals surface area (Å²) in [5.41, 5.74) is 7.07. The van der Waals surface area contributed by atoms with Crippen LogP contribution in [0.2, 0.25) is 0 Å². The summed E-state index contributed by atoms with van der Waals surface area (Å²) in [6, 6.07) is 23.2. The topological polar surface area (TPSA) is 137 Å². The maximum absolute atomic E-state index is 13.1. The lowest BCUT2D eigenvalue weighted by molar-refractivity contribution is 0.102. The molecule has 10 nitrogen and oxygen atoms in total. The first-order valence-electron chi connectivity index (χ1n) is 11.2. The van der Waals surface area contributed by atoms with Crippen molar-refractivity contribution in [3.05, 3.63) is 96.3 Å². The van der Waals surface area contributed by atoms with Crippen LogP contribution in [-0.4, -0.2) is 32.9 Å². The number of para-hydroxylation sites is 1. The number of nitrogens with one attached hydrogen (secondary N) is 3. The van der Waals surface area contributed by atoms with Crippen molar-refractivity contribution >= 4 is 33.9 Å². The van der Waals surface area contributed by atoms with E-state index in [1.54, 1.807) is 80.0 Å². The summed E-state index contributed by atoms with van der Waals surface area (Å²) in [6.07, 6.45) is 3.02. The Morgan fingerprint density at radius 2 is 1.86 bits per heavy atom. The zero-order valence-electron chi connectivity index (χ0n) is 19.6. The highest BCUT2D eigenvalue weighted by atomic mass is 16.5. The molecule has 3 aromatic carbocycles. The molecule has 37 heavy (non-hydrogen) atoms. The third-order valence-corrected chi connectivity index (χ3v) is 5.66. The zero-order chi connectivity index (χ0) is 25.8. The molecule has 0 fully saturated rings. The van der Waals surface area contributed by atoms with Crippen molar-refractivity contribution < 1.29 is 14.6 Å². The fourth-order valence-corrected chi connectivity index (χ4v) is 3.85. The minimum absolute atomic E-state index is 0.0487. The van der Waals surface area contributed by atoms with E-state index in [0.717, 1.165) is 0 Å². The Hall–Kier alpha value is -5.56. The highest BCUT2D eigenvalue weighted by Crippen LogP contribution is 2.38. The van der Waals surface area contributed by atoms with Crippen molar-refractivity contribution in [1.29, 1.82) is 5.26 Å². The number of rotatable bonds is 7. The molecule has 182 valence electrons. The number of anilines is 3. The molecule has 1 amide bonds. The Morgan fingerprint density at radius 3 is 2.59 bits per heavy atom. The van der Waals surface area contributed by atoms with E-state index in [0.29, 0.717) is 33.8 Å². The number of pyridine rings is 1. The van der Waals surface area contributed by atoms with Crippen LogP contribution in [0.5, 0.6) is 11.5 Å². The van der Waals surface area contributed by atoms with Crippen molar-refractivity contribution in [2.75, 3.05) is 23.3 Å². The number of carbonyl (C=O) groups excluding carboxylic acids is 1. The first kappa shape index (κ1) is 23.2. The van der Waals surface area contributed by atoms with Crippen LogP contribution in [0.25, 0.3) is 16.6 Å². The fraction of sp³-hybridized carbons (Fsp3) is 0.0370. The van der Waals surface area contributed by atoms with E-state index < -0.39 is 5.91 Å². The van der Waals surface area contributed by atoms with Gasteiger partial charge in [0.2, 0.25) is 0 Å². The van der Waals surface area contributed by atoms with E-state index >= 15 is 0 Å².